The van der Waals surface area contributed by atoms with E-state index in [0.717, 1.165) is 50.5 Å². The lowest BCUT2D eigenvalue weighted by molar-refractivity contribution is -0.692. The van der Waals surface area contributed by atoms with Crippen molar-refractivity contribution in [2.24, 2.45) is 5.92 Å². The average molecular weight is 425 g/mol. The molecule has 0 aliphatic carbocycles. The van der Waals surface area contributed by atoms with Crippen LogP contribution in [0.15, 0.2) is 48.5 Å². The van der Waals surface area contributed by atoms with E-state index < -0.39 is 0 Å². The van der Waals surface area contributed by atoms with E-state index in [1.165, 1.54) is 11.1 Å². The first-order valence-electron chi connectivity index (χ1n) is 11.6. The third-order valence-corrected chi connectivity index (χ3v) is 6.23. The fourth-order valence-corrected chi connectivity index (χ4v) is 4.43. The lowest BCUT2D eigenvalue weighted by Crippen LogP contribution is -2.88. The molecule has 2 aromatic rings. The van der Waals surface area contributed by atoms with Crippen molar-refractivity contribution in [1.29, 1.82) is 0 Å². The van der Waals surface area contributed by atoms with E-state index in [2.05, 4.69) is 61.3 Å². The molecular weight excluding hydrogens is 386 g/mol. The van der Waals surface area contributed by atoms with E-state index in [1.54, 1.807) is 7.11 Å². The second-order valence-corrected chi connectivity index (χ2v) is 8.74. The molecule has 31 heavy (non-hydrogen) atoms. The minimum atomic E-state index is 0.230. The van der Waals surface area contributed by atoms with Gasteiger partial charge in [0.1, 0.15) is 11.8 Å². The van der Waals surface area contributed by atoms with Crippen LogP contribution in [0.4, 0.5) is 5.69 Å². The summed E-state index contributed by atoms with van der Waals surface area (Å²) < 4.78 is 5.50. The summed E-state index contributed by atoms with van der Waals surface area (Å²) in [7, 11) is 1.71. The number of carbonyl (C=O) groups is 1. The molecule has 1 heterocycles. The zero-order valence-electron chi connectivity index (χ0n) is 19.5. The Morgan fingerprint density at radius 3 is 2.32 bits per heavy atom. The summed E-state index contributed by atoms with van der Waals surface area (Å²) in [4.78, 5) is 17.2. The summed E-state index contributed by atoms with van der Waals surface area (Å²) in [6, 6.07) is 17.3. The van der Waals surface area contributed by atoms with Crippen LogP contribution in [0.3, 0.4) is 0 Å². The van der Waals surface area contributed by atoms with Gasteiger partial charge in [-0.15, -0.1) is 0 Å². The van der Waals surface area contributed by atoms with Crippen LogP contribution in [-0.4, -0.2) is 50.6 Å². The van der Waals surface area contributed by atoms with Gasteiger partial charge in [-0.3, -0.25) is 4.79 Å². The summed E-state index contributed by atoms with van der Waals surface area (Å²) in [6.45, 7) is 10.3. The Bertz CT molecular complexity index is 827. The standard InChI is InChI=1S/C26H37N3O2/c1-5-8-21-11-13-22(14-12-21)26(20(2)3)27-19-25(30)29-17-15-28(16-18-29)23-9-6-7-10-24(23)31-4/h6-7,9-14,20,26-27H,5,8,15-19H2,1-4H3/p+1/t26-/m0/s1. The SMILES string of the molecule is CCCc1ccc([C@@H]([NH2+]CC(=O)N2CCN(c3ccccc3OC)CC2)C(C)C)cc1. The largest absolute Gasteiger partial charge is 0.495 e. The van der Waals surface area contributed by atoms with Crippen molar-refractivity contribution in [2.75, 3.05) is 44.7 Å². The summed E-state index contributed by atoms with van der Waals surface area (Å²) in [5.74, 6) is 1.58. The topological polar surface area (TPSA) is 49.4 Å². The lowest BCUT2D eigenvalue weighted by Gasteiger charge is -2.36. The van der Waals surface area contributed by atoms with Crippen molar-refractivity contribution >= 4 is 11.6 Å². The molecule has 0 aromatic heterocycles. The third-order valence-electron chi connectivity index (χ3n) is 6.23. The van der Waals surface area contributed by atoms with Crippen molar-refractivity contribution in [1.82, 2.24) is 4.90 Å². The number of benzene rings is 2. The van der Waals surface area contributed by atoms with E-state index in [9.17, 15) is 4.79 Å². The number of aryl methyl sites for hydroxylation is 1. The number of para-hydroxylation sites is 2. The Morgan fingerprint density at radius 1 is 1.03 bits per heavy atom. The van der Waals surface area contributed by atoms with Crippen molar-refractivity contribution in [3.8, 4) is 5.75 Å². The number of nitrogens with two attached hydrogens (primary N) is 1. The molecule has 0 unspecified atom stereocenters. The molecule has 5 heteroatoms. The van der Waals surface area contributed by atoms with Crippen LogP contribution >= 0.6 is 0 Å². The number of hydrogen-bond acceptors (Lipinski definition) is 3. The van der Waals surface area contributed by atoms with Gasteiger partial charge in [-0.1, -0.05) is 63.6 Å². The molecule has 0 bridgehead atoms. The number of anilines is 1. The monoisotopic (exact) mass is 424 g/mol. The van der Waals surface area contributed by atoms with Gasteiger partial charge in [0, 0.05) is 37.7 Å². The number of nitrogens with zero attached hydrogens (tertiary/aromatic N) is 2. The van der Waals surface area contributed by atoms with Crippen molar-refractivity contribution in [3.63, 3.8) is 0 Å². The van der Waals surface area contributed by atoms with Gasteiger partial charge >= 0.3 is 0 Å². The first-order chi connectivity index (χ1) is 15.0. The van der Waals surface area contributed by atoms with Crippen LogP contribution in [0.2, 0.25) is 0 Å². The highest BCUT2D eigenvalue weighted by atomic mass is 16.5. The number of piperazine rings is 1. The molecule has 168 valence electrons. The first-order valence-corrected chi connectivity index (χ1v) is 11.6. The van der Waals surface area contributed by atoms with Gasteiger partial charge in [0.05, 0.1) is 12.8 Å². The van der Waals surface area contributed by atoms with E-state index in [-0.39, 0.29) is 5.91 Å². The van der Waals surface area contributed by atoms with Crippen LogP contribution in [0.25, 0.3) is 0 Å². The molecule has 2 N–H and O–H groups in total. The molecule has 5 nitrogen and oxygen atoms in total. The Kier molecular flexibility index (Phi) is 8.35. The second-order valence-electron chi connectivity index (χ2n) is 8.74. The maximum Gasteiger partial charge on any atom is 0.277 e. The van der Waals surface area contributed by atoms with Gasteiger partial charge in [0.2, 0.25) is 0 Å². The molecule has 1 amide bonds. The average Bonchev–Trinajstić information content (AvgIpc) is 2.80. The van der Waals surface area contributed by atoms with Crippen LogP contribution in [-0.2, 0) is 11.2 Å². The number of methoxy groups -OCH3 is 1. The number of hydrogen-bond donors (Lipinski definition) is 1. The summed E-state index contributed by atoms with van der Waals surface area (Å²) >= 11 is 0. The highest BCUT2D eigenvalue weighted by Gasteiger charge is 2.26. The minimum Gasteiger partial charge on any atom is -0.495 e. The normalized spacial score (nSPS) is 15.3. The van der Waals surface area contributed by atoms with E-state index in [4.69, 9.17) is 4.74 Å². The quantitative estimate of drug-likeness (QED) is 0.672. The van der Waals surface area contributed by atoms with E-state index in [0.29, 0.717) is 18.5 Å². The molecule has 1 atom stereocenters. The first kappa shape index (κ1) is 23.1. The van der Waals surface area contributed by atoms with Crippen molar-refractivity contribution < 1.29 is 14.8 Å². The summed E-state index contributed by atoms with van der Waals surface area (Å²) in [6.07, 6.45) is 2.29. The zero-order valence-corrected chi connectivity index (χ0v) is 19.5. The van der Waals surface area contributed by atoms with Crippen LogP contribution < -0.4 is 15.0 Å². The Balaban J connectivity index is 1.54. The number of amides is 1. The highest BCUT2D eigenvalue weighted by molar-refractivity contribution is 5.77. The molecule has 1 aliphatic rings. The molecular formula is C26H38N3O2+. The molecule has 3 rings (SSSR count). The van der Waals surface area contributed by atoms with Crippen LogP contribution in [0, 0.1) is 5.92 Å². The van der Waals surface area contributed by atoms with Gasteiger partial charge in [-0.25, -0.2) is 0 Å². The van der Waals surface area contributed by atoms with Gasteiger partial charge in [0.25, 0.3) is 5.91 Å². The second kappa shape index (κ2) is 11.2. The van der Waals surface area contributed by atoms with E-state index >= 15 is 0 Å². The third kappa shape index (κ3) is 6.01. The molecule has 0 saturated carbocycles. The predicted molar refractivity (Wildman–Crippen MR) is 127 cm³/mol. The summed E-state index contributed by atoms with van der Waals surface area (Å²) in [5, 5.41) is 2.22. The van der Waals surface area contributed by atoms with Crippen molar-refractivity contribution in [3.05, 3.63) is 59.7 Å². The number of carbonyl (C=O) groups excluding carboxylic acids is 1. The van der Waals surface area contributed by atoms with E-state index in [1.807, 2.05) is 23.1 Å². The fraction of sp³-hybridized carbons (Fsp3) is 0.500. The fourth-order valence-electron chi connectivity index (χ4n) is 4.43. The molecule has 1 saturated heterocycles. The van der Waals surface area contributed by atoms with Crippen LogP contribution in [0.5, 0.6) is 5.75 Å². The molecule has 1 aliphatic heterocycles. The van der Waals surface area contributed by atoms with Crippen molar-refractivity contribution in [2.45, 2.75) is 39.7 Å². The minimum absolute atomic E-state index is 0.230. The Hall–Kier alpha value is -2.53. The Labute approximate surface area is 187 Å². The predicted octanol–water partition coefficient (Wildman–Crippen LogP) is 3.26. The molecule has 2 aromatic carbocycles. The maximum absolute atomic E-state index is 12.9. The smallest absolute Gasteiger partial charge is 0.277 e. The molecule has 0 spiro atoms. The van der Waals surface area contributed by atoms with Crippen LogP contribution in [0.1, 0.15) is 44.4 Å². The van der Waals surface area contributed by atoms with Gasteiger partial charge in [-0.2, -0.15) is 0 Å². The number of quaternary nitrogens is 1. The molecule has 1 fully saturated rings. The maximum atomic E-state index is 12.9. The van der Waals surface area contributed by atoms with Gasteiger partial charge in [-0.05, 0) is 24.1 Å². The highest BCUT2D eigenvalue weighted by Crippen LogP contribution is 2.28. The number of rotatable bonds is 9. The number of ether oxygens (including phenoxy) is 1. The van der Waals surface area contributed by atoms with Gasteiger partial charge < -0.3 is 19.9 Å². The zero-order chi connectivity index (χ0) is 22.2. The summed E-state index contributed by atoms with van der Waals surface area (Å²) in [5.41, 5.74) is 3.80. The Morgan fingerprint density at radius 2 is 1.71 bits per heavy atom. The van der Waals surface area contributed by atoms with Gasteiger partial charge in [0.15, 0.2) is 6.54 Å². The molecule has 0 radical (unpaired) electrons. The lowest BCUT2D eigenvalue weighted by atomic mass is 9.94.